The van der Waals surface area contributed by atoms with Crippen molar-refractivity contribution in [1.29, 1.82) is 0 Å². The van der Waals surface area contributed by atoms with Crippen molar-refractivity contribution in [3.63, 3.8) is 0 Å². The number of carbonyl (C=O) groups excluding carboxylic acids is 2. The van der Waals surface area contributed by atoms with Gasteiger partial charge in [-0.3, -0.25) is 14.9 Å². The van der Waals surface area contributed by atoms with Gasteiger partial charge in [0.2, 0.25) is 5.91 Å². The Morgan fingerprint density at radius 3 is 2.42 bits per heavy atom. The monoisotopic (exact) mass is 528 g/mol. The van der Waals surface area contributed by atoms with Gasteiger partial charge in [-0.25, -0.2) is 4.79 Å². The number of nitrogens with zero attached hydrogens (tertiary/aromatic N) is 4. The van der Waals surface area contributed by atoms with E-state index in [0.717, 1.165) is 58.3 Å². The quantitative estimate of drug-likeness (QED) is 0.209. The molecule has 1 saturated heterocycles. The Balaban J connectivity index is 1.39. The van der Waals surface area contributed by atoms with Crippen LogP contribution in [-0.2, 0) is 16.1 Å². The van der Waals surface area contributed by atoms with Gasteiger partial charge in [0.25, 0.3) is 5.69 Å². The number of rotatable bonds is 12. The first-order valence-electron chi connectivity index (χ1n) is 14.0. The maximum Gasteiger partial charge on any atom is 0.410 e. The summed E-state index contributed by atoms with van der Waals surface area (Å²) in [5.74, 6) is 0.983. The Bertz CT molecular complexity index is 923. The van der Waals surface area contributed by atoms with Crippen molar-refractivity contribution in [2.75, 3.05) is 39.8 Å². The molecule has 0 aromatic heterocycles. The molecule has 2 amide bonds. The first-order valence-corrected chi connectivity index (χ1v) is 14.0. The van der Waals surface area contributed by atoms with Crippen molar-refractivity contribution in [3.05, 3.63) is 52.6 Å². The van der Waals surface area contributed by atoms with Crippen LogP contribution in [0, 0.1) is 22.0 Å². The van der Waals surface area contributed by atoms with Crippen molar-refractivity contribution < 1.29 is 19.2 Å². The molecular formula is C29H44N4O5. The molecule has 1 aromatic carbocycles. The number of nitro groups is 1. The van der Waals surface area contributed by atoms with Gasteiger partial charge in [-0.15, -0.1) is 6.58 Å². The number of piperidine rings is 1. The van der Waals surface area contributed by atoms with Gasteiger partial charge in [0.1, 0.15) is 6.61 Å². The molecule has 0 radical (unpaired) electrons. The summed E-state index contributed by atoms with van der Waals surface area (Å²) >= 11 is 0. The van der Waals surface area contributed by atoms with E-state index < -0.39 is 4.92 Å². The zero-order chi connectivity index (χ0) is 27.5. The Kier molecular flexibility index (Phi) is 11.6. The molecule has 2 fully saturated rings. The summed E-state index contributed by atoms with van der Waals surface area (Å²) in [7, 11) is 1.95. The third kappa shape index (κ3) is 8.82. The summed E-state index contributed by atoms with van der Waals surface area (Å²) in [6, 6.07) is 6.12. The molecular weight excluding hydrogens is 484 g/mol. The minimum absolute atomic E-state index is 0.00877. The van der Waals surface area contributed by atoms with Crippen molar-refractivity contribution in [3.8, 4) is 0 Å². The second kappa shape index (κ2) is 14.9. The highest BCUT2D eigenvalue weighted by Gasteiger charge is 2.29. The smallest absolute Gasteiger partial charge is 0.410 e. The highest BCUT2D eigenvalue weighted by atomic mass is 16.6. The van der Waals surface area contributed by atoms with E-state index in [1.54, 1.807) is 23.1 Å². The standard InChI is InChI=1S/C29H44N4O5/c1-4-17-32(29(35)38-22-24-10-12-27(13-11-24)33(36)37)26-15-19-31(20-16-26)18-14-23(2)21-30(3)28(34)25-8-6-5-7-9-25/h4,10-13,23,25-26H,1,5-9,14-22H2,2-3H3. The van der Waals surface area contributed by atoms with Gasteiger partial charge < -0.3 is 19.4 Å². The van der Waals surface area contributed by atoms with Gasteiger partial charge >= 0.3 is 6.09 Å². The van der Waals surface area contributed by atoms with Gasteiger partial charge in [0.05, 0.1) is 4.92 Å². The lowest BCUT2D eigenvalue weighted by atomic mass is 9.88. The second-order valence-electron chi connectivity index (χ2n) is 10.9. The SMILES string of the molecule is C=CCN(C(=O)OCc1ccc([N+](=O)[O-])cc1)C1CCN(CCC(C)CN(C)C(=O)C2CCCCC2)CC1. The summed E-state index contributed by atoms with van der Waals surface area (Å²) in [6.45, 7) is 10.1. The zero-order valence-corrected chi connectivity index (χ0v) is 23.1. The van der Waals surface area contributed by atoms with Crippen LogP contribution in [0.4, 0.5) is 10.5 Å². The molecule has 210 valence electrons. The predicted molar refractivity (Wildman–Crippen MR) is 148 cm³/mol. The van der Waals surface area contributed by atoms with E-state index in [-0.39, 0.29) is 30.3 Å². The molecule has 1 saturated carbocycles. The molecule has 1 aliphatic carbocycles. The van der Waals surface area contributed by atoms with Crippen LogP contribution in [0.2, 0.25) is 0 Å². The van der Waals surface area contributed by atoms with Crippen LogP contribution in [0.25, 0.3) is 0 Å². The largest absolute Gasteiger partial charge is 0.445 e. The molecule has 1 aliphatic heterocycles. The van der Waals surface area contributed by atoms with E-state index in [4.69, 9.17) is 4.74 Å². The fourth-order valence-corrected chi connectivity index (χ4v) is 5.62. The van der Waals surface area contributed by atoms with Gasteiger partial charge in [0.15, 0.2) is 0 Å². The van der Waals surface area contributed by atoms with Crippen LogP contribution in [-0.4, -0.2) is 77.4 Å². The Labute approximate surface area is 226 Å². The summed E-state index contributed by atoms with van der Waals surface area (Å²) < 4.78 is 5.53. The summed E-state index contributed by atoms with van der Waals surface area (Å²) in [5, 5.41) is 10.8. The number of benzene rings is 1. The first-order chi connectivity index (χ1) is 18.3. The number of likely N-dealkylation sites (tertiary alicyclic amines) is 1. The predicted octanol–water partition coefficient (Wildman–Crippen LogP) is 5.25. The Morgan fingerprint density at radius 1 is 1.16 bits per heavy atom. The van der Waals surface area contributed by atoms with Gasteiger partial charge in [0, 0.05) is 57.3 Å². The number of nitro benzene ring substituents is 1. The van der Waals surface area contributed by atoms with Crippen molar-refractivity contribution in [2.45, 2.75) is 70.9 Å². The highest BCUT2D eigenvalue weighted by Crippen LogP contribution is 2.26. The number of ether oxygens (including phenoxy) is 1. The fraction of sp³-hybridized carbons (Fsp3) is 0.655. The topological polar surface area (TPSA) is 96.2 Å². The zero-order valence-electron chi connectivity index (χ0n) is 23.1. The summed E-state index contributed by atoms with van der Waals surface area (Å²) in [5.41, 5.74) is 0.715. The van der Waals surface area contributed by atoms with Crippen molar-refractivity contribution in [2.24, 2.45) is 11.8 Å². The lowest BCUT2D eigenvalue weighted by Gasteiger charge is -2.38. The van der Waals surface area contributed by atoms with Crippen LogP contribution >= 0.6 is 0 Å². The molecule has 0 N–H and O–H groups in total. The van der Waals surface area contributed by atoms with Crippen LogP contribution in [0.15, 0.2) is 36.9 Å². The fourth-order valence-electron chi connectivity index (χ4n) is 5.62. The molecule has 1 unspecified atom stereocenters. The highest BCUT2D eigenvalue weighted by molar-refractivity contribution is 5.78. The van der Waals surface area contributed by atoms with Crippen molar-refractivity contribution in [1.82, 2.24) is 14.7 Å². The van der Waals surface area contributed by atoms with E-state index in [0.29, 0.717) is 23.9 Å². The molecule has 38 heavy (non-hydrogen) atoms. The molecule has 1 aromatic rings. The van der Waals surface area contributed by atoms with Gasteiger partial charge in [-0.1, -0.05) is 32.3 Å². The number of non-ortho nitro benzene ring substituents is 1. The average molecular weight is 529 g/mol. The third-order valence-corrected chi connectivity index (χ3v) is 7.92. The minimum atomic E-state index is -0.452. The number of carbonyl (C=O) groups is 2. The van der Waals surface area contributed by atoms with E-state index in [2.05, 4.69) is 18.4 Å². The molecule has 9 nitrogen and oxygen atoms in total. The van der Waals surface area contributed by atoms with Crippen LogP contribution in [0.5, 0.6) is 0 Å². The number of hydrogen-bond acceptors (Lipinski definition) is 6. The first kappa shape index (κ1) is 29.6. The van der Waals surface area contributed by atoms with Crippen LogP contribution in [0.3, 0.4) is 0 Å². The molecule has 9 heteroatoms. The van der Waals surface area contributed by atoms with Gasteiger partial charge in [-0.05, 0) is 62.3 Å². The lowest BCUT2D eigenvalue weighted by Crippen LogP contribution is -2.48. The van der Waals surface area contributed by atoms with Gasteiger partial charge in [-0.2, -0.15) is 0 Å². The average Bonchev–Trinajstić information content (AvgIpc) is 2.94. The Hall–Kier alpha value is -2.94. The molecule has 3 rings (SSSR count). The summed E-state index contributed by atoms with van der Waals surface area (Å²) in [4.78, 5) is 42.1. The van der Waals surface area contributed by atoms with Crippen LogP contribution < -0.4 is 0 Å². The van der Waals surface area contributed by atoms with E-state index in [9.17, 15) is 19.7 Å². The molecule has 1 heterocycles. The van der Waals surface area contributed by atoms with E-state index in [1.807, 2.05) is 11.9 Å². The maximum atomic E-state index is 12.9. The van der Waals surface area contributed by atoms with E-state index in [1.165, 1.54) is 31.4 Å². The Morgan fingerprint density at radius 2 is 1.82 bits per heavy atom. The van der Waals surface area contributed by atoms with E-state index >= 15 is 0 Å². The molecule has 2 aliphatic rings. The normalized spacial score (nSPS) is 17.9. The number of hydrogen-bond donors (Lipinski definition) is 0. The lowest BCUT2D eigenvalue weighted by molar-refractivity contribution is -0.384. The number of amides is 2. The molecule has 1 atom stereocenters. The second-order valence-corrected chi connectivity index (χ2v) is 10.9. The summed E-state index contributed by atoms with van der Waals surface area (Å²) in [6.07, 6.45) is 9.81. The molecule has 0 bridgehead atoms. The minimum Gasteiger partial charge on any atom is -0.445 e. The van der Waals surface area contributed by atoms with Crippen molar-refractivity contribution >= 4 is 17.7 Å². The van der Waals surface area contributed by atoms with Crippen LogP contribution in [0.1, 0.15) is 63.9 Å². The maximum absolute atomic E-state index is 12.9. The molecule has 0 spiro atoms. The third-order valence-electron chi connectivity index (χ3n) is 7.92.